The van der Waals surface area contributed by atoms with Crippen LogP contribution in [0, 0.1) is 0 Å². The van der Waals surface area contributed by atoms with Crippen LogP contribution in [-0.4, -0.2) is 106 Å². The molecule has 0 spiro atoms. The standard InChI is InChI=1S/C39H57N9O7S/c1-5-54-34(50)16-20-47-18-14-28(15-19-47)43-36(52)32(21-29-24-48(26-42-29)23-27-11-7-6-8-12-27)46-35(51)31(45-33(49)22-30-25-56-37(40)44-30)13-9-10-17-41-38(53)55-39(2,3)4/h6-8,11-12,24-26,28,31-32H,5,9-10,13-23H2,1-4H3,(H2,40,44)(H,41,53)(H,43,52)(H,45,49)(H,46,51). The summed E-state index contributed by atoms with van der Waals surface area (Å²) in [6.07, 6.45) is 5.98. The lowest BCUT2D eigenvalue weighted by Gasteiger charge is -2.33. The maximum Gasteiger partial charge on any atom is 0.407 e. The highest BCUT2D eigenvalue weighted by Crippen LogP contribution is 2.15. The Morgan fingerprint density at radius 1 is 1.00 bits per heavy atom. The van der Waals surface area contributed by atoms with Crippen LogP contribution in [0.1, 0.15) is 83.2 Å². The number of alkyl carbamates (subject to hydrolysis) is 1. The number of ether oxygens (including phenoxy) is 2. The van der Waals surface area contributed by atoms with Crippen LogP contribution < -0.4 is 27.0 Å². The van der Waals surface area contributed by atoms with Gasteiger partial charge >= 0.3 is 12.1 Å². The van der Waals surface area contributed by atoms with Gasteiger partial charge in [-0.3, -0.25) is 19.2 Å². The lowest BCUT2D eigenvalue weighted by molar-refractivity contribution is -0.143. The molecule has 2 aromatic heterocycles. The fourth-order valence-electron chi connectivity index (χ4n) is 6.23. The lowest BCUT2D eigenvalue weighted by atomic mass is 10.0. The van der Waals surface area contributed by atoms with Crippen molar-refractivity contribution in [3.05, 3.63) is 65.2 Å². The summed E-state index contributed by atoms with van der Waals surface area (Å²) in [6.45, 7) is 10.4. The Bertz CT molecular complexity index is 1720. The summed E-state index contributed by atoms with van der Waals surface area (Å²) in [5, 5.41) is 13.6. The molecule has 0 radical (unpaired) electrons. The number of nitrogens with two attached hydrogens (primary N) is 1. The van der Waals surface area contributed by atoms with E-state index in [1.54, 1.807) is 39.4 Å². The molecule has 16 nitrogen and oxygen atoms in total. The second-order valence-corrected chi connectivity index (χ2v) is 15.8. The van der Waals surface area contributed by atoms with Crippen LogP contribution in [0.4, 0.5) is 9.93 Å². The number of imidazole rings is 1. The molecule has 2 atom stereocenters. The Kier molecular flexibility index (Phi) is 17.1. The van der Waals surface area contributed by atoms with Crippen molar-refractivity contribution in [3.8, 4) is 0 Å². The smallest absolute Gasteiger partial charge is 0.407 e. The minimum absolute atomic E-state index is 0.0705. The first kappa shape index (κ1) is 43.7. The van der Waals surface area contributed by atoms with E-state index in [-0.39, 0.29) is 37.2 Å². The molecule has 0 aliphatic carbocycles. The first-order valence-corrected chi connectivity index (χ1v) is 20.1. The highest BCUT2D eigenvalue weighted by Gasteiger charge is 2.30. The molecule has 6 N–H and O–H groups in total. The number of aromatic nitrogens is 3. The van der Waals surface area contributed by atoms with Crippen molar-refractivity contribution in [2.75, 3.05) is 38.5 Å². The Hall–Kier alpha value is -5.03. The van der Waals surface area contributed by atoms with Gasteiger partial charge < -0.3 is 45.9 Å². The average molecular weight is 796 g/mol. The van der Waals surface area contributed by atoms with Gasteiger partial charge in [0.15, 0.2) is 5.13 Å². The maximum atomic E-state index is 14.0. The normalized spacial score (nSPS) is 14.6. The number of amides is 4. The molecule has 1 aliphatic rings. The number of esters is 1. The summed E-state index contributed by atoms with van der Waals surface area (Å²) in [7, 11) is 0. The quantitative estimate of drug-likeness (QED) is 0.0829. The fourth-order valence-corrected chi connectivity index (χ4v) is 6.79. The van der Waals surface area contributed by atoms with Crippen LogP contribution in [-0.2, 0) is 48.0 Å². The number of carbonyl (C=O) groups is 5. The molecule has 1 saturated heterocycles. The van der Waals surface area contributed by atoms with Crippen molar-refractivity contribution in [3.63, 3.8) is 0 Å². The van der Waals surface area contributed by atoms with Gasteiger partial charge in [0.1, 0.15) is 17.7 Å². The third-order valence-electron chi connectivity index (χ3n) is 8.96. The Morgan fingerprint density at radius 3 is 2.43 bits per heavy atom. The summed E-state index contributed by atoms with van der Waals surface area (Å²) >= 11 is 1.22. The van der Waals surface area contributed by atoms with Crippen LogP contribution in [0.3, 0.4) is 0 Å². The number of nitrogen functional groups attached to an aromatic ring is 1. The lowest BCUT2D eigenvalue weighted by Crippen LogP contribution is -2.56. The summed E-state index contributed by atoms with van der Waals surface area (Å²) in [4.78, 5) is 76.0. The minimum Gasteiger partial charge on any atom is -0.466 e. The van der Waals surface area contributed by atoms with E-state index < -0.39 is 35.6 Å². The maximum absolute atomic E-state index is 14.0. The number of hydrogen-bond donors (Lipinski definition) is 5. The summed E-state index contributed by atoms with van der Waals surface area (Å²) in [5.41, 5.74) is 7.32. The molecule has 1 aliphatic heterocycles. The van der Waals surface area contributed by atoms with Crippen molar-refractivity contribution in [2.45, 2.75) is 109 Å². The van der Waals surface area contributed by atoms with Gasteiger partial charge in [0.2, 0.25) is 17.7 Å². The van der Waals surface area contributed by atoms with Crippen molar-refractivity contribution in [1.82, 2.24) is 40.7 Å². The third-order valence-corrected chi connectivity index (χ3v) is 9.69. The molecule has 4 amide bonds. The van der Waals surface area contributed by atoms with E-state index in [1.165, 1.54) is 11.3 Å². The predicted molar refractivity (Wildman–Crippen MR) is 213 cm³/mol. The van der Waals surface area contributed by atoms with Gasteiger partial charge in [-0.25, -0.2) is 14.8 Å². The summed E-state index contributed by atoms with van der Waals surface area (Å²) in [5.74, 6) is -1.52. The summed E-state index contributed by atoms with van der Waals surface area (Å²) < 4.78 is 12.3. The van der Waals surface area contributed by atoms with Crippen molar-refractivity contribution < 1.29 is 33.4 Å². The molecule has 56 heavy (non-hydrogen) atoms. The summed E-state index contributed by atoms with van der Waals surface area (Å²) in [6, 6.07) is 7.82. The highest BCUT2D eigenvalue weighted by molar-refractivity contribution is 7.13. The second-order valence-electron chi connectivity index (χ2n) is 14.9. The third kappa shape index (κ3) is 16.0. The number of anilines is 1. The fraction of sp³-hybridized carbons (Fsp3) is 0.564. The number of nitrogens with one attached hydrogen (secondary N) is 4. The molecule has 3 aromatic rings. The monoisotopic (exact) mass is 795 g/mol. The average Bonchev–Trinajstić information content (AvgIpc) is 3.77. The second kappa shape index (κ2) is 21.9. The number of carbonyl (C=O) groups excluding carboxylic acids is 5. The Morgan fingerprint density at radius 2 is 1.75 bits per heavy atom. The Labute approximate surface area is 332 Å². The molecule has 306 valence electrons. The molecule has 3 heterocycles. The SMILES string of the molecule is CCOC(=O)CCN1CCC(NC(=O)C(Cc2cn(Cc3ccccc3)cn2)NC(=O)C(CCCCNC(=O)OC(C)(C)C)NC(=O)Cc2csc(N)n2)CC1. The molecule has 0 saturated carbocycles. The zero-order chi connectivity index (χ0) is 40.5. The van der Waals surface area contributed by atoms with Gasteiger partial charge in [0, 0.05) is 56.8 Å². The largest absolute Gasteiger partial charge is 0.466 e. The van der Waals surface area contributed by atoms with Crippen LogP contribution >= 0.6 is 11.3 Å². The predicted octanol–water partition coefficient (Wildman–Crippen LogP) is 2.95. The van der Waals surface area contributed by atoms with Crippen LogP contribution in [0.25, 0.3) is 0 Å². The van der Waals surface area contributed by atoms with Gasteiger partial charge in [0.05, 0.1) is 37.2 Å². The number of thiazole rings is 1. The van der Waals surface area contributed by atoms with E-state index in [1.807, 2.05) is 41.1 Å². The number of likely N-dealkylation sites (tertiary alicyclic amines) is 1. The molecule has 4 rings (SSSR count). The van der Waals surface area contributed by atoms with E-state index in [0.29, 0.717) is 88.0 Å². The van der Waals surface area contributed by atoms with Gasteiger partial charge in [-0.15, -0.1) is 11.3 Å². The zero-order valence-electron chi connectivity index (χ0n) is 32.9. The highest BCUT2D eigenvalue weighted by atomic mass is 32.1. The van der Waals surface area contributed by atoms with Crippen LogP contribution in [0.15, 0.2) is 48.2 Å². The number of rotatable bonds is 20. The zero-order valence-corrected chi connectivity index (χ0v) is 33.7. The van der Waals surface area contributed by atoms with Gasteiger partial charge in [-0.05, 0) is 65.4 Å². The molecule has 1 fully saturated rings. The molecule has 1 aromatic carbocycles. The van der Waals surface area contributed by atoms with E-state index in [4.69, 9.17) is 15.2 Å². The van der Waals surface area contributed by atoms with Gasteiger partial charge in [0.25, 0.3) is 0 Å². The van der Waals surface area contributed by atoms with Gasteiger partial charge in [-0.2, -0.15) is 0 Å². The van der Waals surface area contributed by atoms with E-state index in [2.05, 4.69) is 36.1 Å². The topological polar surface area (TPSA) is 212 Å². The molecule has 2 unspecified atom stereocenters. The molecular formula is C39H57N9O7S. The van der Waals surface area contributed by atoms with E-state index >= 15 is 0 Å². The first-order valence-electron chi connectivity index (χ1n) is 19.3. The molecular weight excluding hydrogens is 739 g/mol. The van der Waals surface area contributed by atoms with Gasteiger partial charge in [-0.1, -0.05) is 30.3 Å². The van der Waals surface area contributed by atoms with Crippen LogP contribution in [0.2, 0.25) is 0 Å². The number of nitrogens with zero attached hydrogens (tertiary/aromatic N) is 4. The van der Waals surface area contributed by atoms with E-state index in [0.717, 1.165) is 5.56 Å². The van der Waals surface area contributed by atoms with Crippen LogP contribution in [0.5, 0.6) is 0 Å². The molecule has 17 heteroatoms. The first-order chi connectivity index (χ1) is 26.8. The number of unbranched alkanes of at least 4 members (excludes halogenated alkanes) is 1. The van der Waals surface area contributed by atoms with Crippen molar-refractivity contribution in [2.24, 2.45) is 0 Å². The Balaban J connectivity index is 1.43. The number of hydrogen-bond acceptors (Lipinski definition) is 12. The van der Waals surface area contributed by atoms with Crippen molar-refractivity contribution >= 4 is 46.3 Å². The number of piperidine rings is 1. The van der Waals surface area contributed by atoms with Crippen molar-refractivity contribution in [1.29, 1.82) is 0 Å². The minimum atomic E-state index is -0.990. The molecule has 0 bridgehead atoms. The number of benzene rings is 1. The van der Waals surface area contributed by atoms with E-state index in [9.17, 15) is 24.0 Å².